The largest absolute Gasteiger partial charge is 0.373 e. The summed E-state index contributed by atoms with van der Waals surface area (Å²) in [6.45, 7) is 6.97. The molecule has 0 amide bonds. The van der Waals surface area contributed by atoms with Crippen LogP contribution in [0.25, 0.3) is 0 Å². The summed E-state index contributed by atoms with van der Waals surface area (Å²) in [5.41, 5.74) is 0. The van der Waals surface area contributed by atoms with Gasteiger partial charge in [0, 0.05) is 32.2 Å². The number of piperidine rings is 1. The minimum atomic E-state index is -3.53. The Hall–Kier alpha value is -1.02. The van der Waals surface area contributed by atoms with Crippen molar-refractivity contribution in [3.63, 3.8) is 0 Å². The van der Waals surface area contributed by atoms with E-state index in [0.29, 0.717) is 19.1 Å². The third-order valence-electron chi connectivity index (χ3n) is 4.84. The molecule has 5 nitrogen and oxygen atoms in total. The lowest BCUT2D eigenvalue weighted by molar-refractivity contribution is -0.0847. The highest BCUT2D eigenvalue weighted by Gasteiger charge is 2.34. The van der Waals surface area contributed by atoms with E-state index < -0.39 is 15.8 Å². The maximum atomic E-state index is 13.0. The summed E-state index contributed by atoms with van der Waals surface area (Å²) >= 11 is 0. The molecule has 0 saturated carbocycles. The quantitative estimate of drug-likeness (QED) is 0.832. The molecule has 0 radical (unpaired) electrons. The molecule has 2 atom stereocenters. The Morgan fingerprint density at radius 3 is 2.12 bits per heavy atom. The SMILES string of the molecule is C[C@@H]1CN(C2CCN(S(=O)(=O)c3ccc(F)cc3)CC2)C[C@@H](C)O1. The fraction of sp³-hybridized carbons (Fsp3) is 0.647. The summed E-state index contributed by atoms with van der Waals surface area (Å²) < 4.78 is 45.6. The fourth-order valence-electron chi connectivity index (χ4n) is 3.72. The van der Waals surface area contributed by atoms with Crippen molar-refractivity contribution in [3.8, 4) is 0 Å². The number of morpholine rings is 1. The van der Waals surface area contributed by atoms with Gasteiger partial charge in [-0.05, 0) is 51.0 Å². The van der Waals surface area contributed by atoms with Gasteiger partial charge in [0.1, 0.15) is 5.82 Å². The van der Waals surface area contributed by atoms with Crippen LogP contribution in [0.5, 0.6) is 0 Å². The van der Waals surface area contributed by atoms with Crippen molar-refractivity contribution in [1.29, 1.82) is 0 Å². The first-order valence-corrected chi connectivity index (χ1v) is 9.95. The molecular weight excluding hydrogens is 331 g/mol. The Kier molecular flexibility index (Phi) is 5.24. The second-order valence-corrected chi connectivity index (χ2v) is 8.74. The van der Waals surface area contributed by atoms with E-state index in [1.165, 1.54) is 28.6 Å². The Bertz CT molecular complexity index is 647. The molecule has 7 heteroatoms. The van der Waals surface area contributed by atoms with Gasteiger partial charge in [-0.25, -0.2) is 12.8 Å². The van der Waals surface area contributed by atoms with Crippen molar-refractivity contribution in [1.82, 2.24) is 9.21 Å². The smallest absolute Gasteiger partial charge is 0.243 e. The van der Waals surface area contributed by atoms with Crippen molar-refractivity contribution < 1.29 is 17.5 Å². The molecule has 0 aliphatic carbocycles. The number of hydrogen-bond acceptors (Lipinski definition) is 4. The van der Waals surface area contributed by atoms with Crippen molar-refractivity contribution >= 4 is 10.0 Å². The zero-order chi connectivity index (χ0) is 17.3. The number of nitrogens with zero attached hydrogens (tertiary/aromatic N) is 2. The van der Waals surface area contributed by atoms with Crippen LogP contribution < -0.4 is 0 Å². The molecule has 0 N–H and O–H groups in total. The van der Waals surface area contributed by atoms with Gasteiger partial charge in [-0.15, -0.1) is 0 Å². The van der Waals surface area contributed by atoms with Gasteiger partial charge in [0.2, 0.25) is 10.0 Å². The highest BCUT2D eigenvalue weighted by Crippen LogP contribution is 2.25. The molecular formula is C17H25FN2O3S. The summed E-state index contributed by atoms with van der Waals surface area (Å²) in [6, 6.07) is 5.45. The monoisotopic (exact) mass is 356 g/mol. The number of benzene rings is 1. The maximum Gasteiger partial charge on any atom is 0.243 e. The lowest BCUT2D eigenvalue weighted by Gasteiger charge is -2.43. The van der Waals surface area contributed by atoms with E-state index in [4.69, 9.17) is 4.74 Å². The lowest BCUT2D eigenvalue weighted by Crippen LogP contribution is -2.53. The minimum Gasteiger partial charge on any atom is -0.373 e. The molecule has 2 aliphatic rings. The van der Waals surface area contributed by atoms with Gasteiger partial charge in [0.25, 0.3) is 0 Å². The van der Waals surface area contributed by atoms with Crippen molar-refractivity contribution in [2.75, 3.05) is 26.2 Å². The number of ether oxygens (including phenoxy) is 1. The molecule has 3 rings (SSSR count). The predicted molar refractivity (Wildman–Crippen MR) is 89.8 cm³/mol. The van der Waals surface area contributed by atoms with E-state index in [1.54, 1.807) is 0 Å². The number of halogens is 1. The van der Waals surface area contributed by atoms with Crippen LogP contribution in [0, 0.1) is 5.82 Å². The van der Waals surface area contributed by atoms with Crippen LogP contribution in [0.15, 0.2) is 29.2 Å². The van der Waals surface area contributed by atoms with E-state index in [2.05, 4.69) is 18.7 Å². The zero-order valence-corrected chi connectivity index (χ0v) is 15.0. The third kappa shape index (κ3) is 3.79. The molecule has 1 aromatic rings. The normalized spacial score (nSPS) is 28.1. The van der Waals surface area contributed by atoms with Crippen LogP contribution in [-0.2, 0) is 14.8 Å². The van der Waals surface area contributed by atoms with Gasteiger partial charge >= 0.3 is 0 Å². The molecule has 2 aliphatic heterocycles. The van der Waals surface area contributed by atoms with Crippen molar-refractivity contribution in [2.45, 2.75) is 49.8 Å². The van der Waals surface area contributed by atoms with Crippen LogP contribution in [-0.4, -0.2) is 62.1 Å². The first-order valence-electron chi connectivity index (χ1n) is 8.51. The van der Waals surface area contributed by atoms with Crippen molar-refractivity contribution in [3.05, 3.63) is 30.1 Å². The van der Waals surface area contributed by atoms with E-state index in [9.17, 15) is 12.8 Å². The van der Waals surface area contributed by atoms with Gasteiger partial charge in [-0.3, -0.25) is 4.90 Å². The number of hydrogen-bond donors (Lipinski definition) is 0. The zero-order valence-electron chi connectivity index (χ0n) is 14.2. The molecule has 2 heterocycles. The molecule has 134 valence electrons. The van der Waals surface area contributed by atoms with Crippen LogP contribution >= 0.6 is 0 Å². The molecule has 0 bridgehead atoms. The van der Waals surface area contributed by atoms with Gasteiger partial charge in [-0.2, -0.15) is 4.31 Å². The molecule has 1 aromatic carbocycles. The second kappa shape index (κ2) is 7.07. The maximum absolute atomic E-state index is 13.0. The van der Waals surface area contributed by atoms with E-state index in [-0.39, 0.29) is 17.1 Å². The molecule has 0 unspecified atom stereocenters. The van der Waals surface area contributed by atoms with E-state index >= 15 is 0 Å². The van der Waals surface area contributed by atoms with Crippen LogP contribution in [0.1, 0.15) is 26.7 Å². The minimum absolute atomic E-state index is 0.163. The van der Waals surface area contributed by atoms with E-state index in [1.807, 2.05) is 0 Å². The summed E-state index contributed by atoms with van der Waals surface area (Å²) in [6.07, 6.45) is 2.07. The molecule has 24 heavy (non-hydrogen) atoms. The Labute approximate surface area is 143 Å². The number of rotatable bonds is 3. The highest BCUT2D eigenvalue weighted by atomic mass is 32.2. The number of sulfonamides is 1. The van der Waals surface area contributed by atoms with Gasteiger partial charge < -0.3 is 4.74 Å². The standard InChI is InChI=1S/C17H25FN2O3S/c1-13-11-19(12-14(2)23-13)16-7-9-20(10-8-16)24(21,22)17-5-3-15(18)4-6-17/h3-6,13-14,16H,7-12H2,1-2H3/t13-,14-/m1/s1. The first kappa shape index (κ1) is 17.8. The fourth-order valence-corrected chi connectivity index (χ4v) is 5.19. The van der Waals surface area contributed by atoms with Crippen LogP contribution in [0.4, 0.5) is 4.39 Å². The third-order valence-corrected chi connectivity index (χ3v) is 6.75. The summed E-state index contributed by atoms with van der Waals surface area (Å²) in [5, 5.41) is 0. The predicted octanol–water partition coefficient (Wildman–Crippen LogP) is 2.09. The average molecular weight is 356 g/mol. The molecule has 0 aromatic heterocycles. The summed E-state index contributed by atoms with van der Waals surface area (Å²) in [5.74, 6) is -0.428. The van der Waals surface area contributed by atoms with Crippen LogP contribution in [0.2, 0.25) is 0 Å². The molecule has 0 spiro atoms. The highest BCUT2D eigenvalue weighted by molar-refractivity contribution is 7.89. The molecule has 2 fully saturated rings. The Morgan fingerprint density at radius 1 is 1.04 bits per heavy atom. The van der Waals surface area contributed by atoms with Crippen LogP contribution in [0.3, 0.4) is 0 Å². The van der Waals surface area contributed by atoms with Gasteiger partial charge in [0.15, 0.2) is 0 Å². The average Bonchev–Trinajstić information content (AvgIpc) is 2.54. The lowest BCUT2D eigenvalue weighted by atomic mass is 10.0. The molecule has 2 saturated heterocycles. The summed E-state index contributed by atoms with van der Waals surface area (Å²) in [4.78, 5) is 2.59. The first-order chi connectivity index (χ1) is 11.4. The van der Waals surface area contributed by atoms with Gasteiger partial charge in [0.05, 0.1) is 17.1 Å². The Balaban J connectivity index is 1.63. The second-order valence-electron chi connectivity index (χ2n) is 6.80. The summed E-state index contributed by atoms with van der Waals surface area (Å²) in [7, 11) is -3.53. The van der Waals surface area contributed by atoms with Gasteiger partial charge in [-0.1, -0.05) is 0 Å². The topological polar surface area (TPSA) is 49.9 Å². The Morgan fingerprint density at radius 2 is 1.58 bits per heavy atom. The van der Waals surface area contributed by atoms with Crippen molar-refractivity contribution in [2.24, 2.45) is 0 Å². The van der Waals surface area contributed by atoms with E-state index in [0.717, 1.165) is 25.9 Å².